The van der Waals surface area contributed by atoms with E-state index in [1.165, 1.54) is 4.31 Å². The second-order valence-electron chi connectivity index (χ2n) is 6.11. The van der Waals surface area contributed by atoms with Crippen LogP contribution in [-0.4, -0.2) is 30.7 Å². The largest absolute Gasteiger partial charge is 0.451 e. The number of benzene rings is 1. The van der Waals surface area contributed by atoms with Gasteiger partial charge in [0.15, 0.2) is 5.76 Å². The van der Waals surface area contributed by atoms with Crippen molar-refractivity contribution in [3.8, 4) is 0 Å². The highest BCUT2D eigenvalue weighted by Gasteiger charge is 2.30. The molecule has 0 aliphatic rings. The average molecular weight is 338 g/mol. The van der Waals surface area contributed by atoms with Crippen molar-refractivity contribution < 1.29 is 17.6 Å². The van der Waals surface area contributed by atoms with Crippen LogP contribution < -0.4 is 4.72 Å². The van der Waals surface area contributed by atoms with Crippen molar-refractivity contribution in [2.45, 2.75) is 46.7 Å². The van der Waals surface area contributed by atoms with Crippen LogP contribution in [0.3, 0.4) is 0 Å². The highest BCUT2D eigenvalue weighted by Crippen LogP contribution is 2.21. The number of nitrogens with zero attached hydrogens (tertiary/aromatic N) is 1. The van der Waals surface area contributed by atoms with Gasteiger partial charge in [-0.25, -0.2) is 4.72 Å². The minimum absolute atomic E-state index is 0.0263. The fourth-order valence-corrected chi connectivity index (χ4v) is 4.20. The Bertz CT molecular complexity index is 814. The number of fused-ring (bicyclic) bond motifs is 1. The molecule has 0 radical (unpaired) electrons. The molecule has 126 valence electrons. The lowest BCUT2D eigenvalue weighted by Crippen LogP contribution is -2.49. The molecule has 2 rings (SSSR count). The number of rotatable bonds is 5. The Labute approximate surface area is 136 Å². The van der Waals surface area contributed by atoms with E-state index < -0.39 is 16.1 Å². The van der Waals surface area contributed by atoms with Crippen molar-refractivity contribution >= 4 is 27.1 Å². The lowest BCUT2D eigenvalue weighted by Gasteiger charge is -2.29. The predicted octanol–water partition coefficient (Wildman–Crippen LogP) is 2.83. The van der Waals surface area contributed by atoms with E-state index in [9.17, 15) is 13.2 Å². The summed E-state index contributed by atoms with van der Waals surface area (Å²) < 4.78 is 33.6. The predicted molar refractivity (Wildman–Crippen MR) is 89.4 cm³/mol. The Morgan fingerprint density at radius 1 is 1.13 bits per heavy atom. The first-order valence-electron chi connectivity index (χ1n) is 7.47. The summed E-state index contributed by atoms with van der Waals surface area (Å²) in [4.78, 5) is 12.3. The van der Waals surface area contributed by atoms with Crippen molar-refractivity contribution in [1.29, 1.82) is 0 Å². The quantitative estimate of drug-likeness (QED) is 0.909. The van der Waals surface area contributed by atoms with Crippen molar-refractivity contribution in [1.82, 2.24) is 9.03 Å². The van der Waals surface area contributed by atoms with Gasteiger partial charge in [-0.05, 0) is 52.8 Å². The molecule has 0 aliphatic carbocycles. The number of amides is 1. The van der Waals surface area contributed by atoms with Crippen LogP contribution in [-0.2, 0) is 10.2 Å². The minimum Gasteiger partial charge on any atom is -0.451 e. The molecule has 0 saturated heterocycles. The van der Waals surface area contributed by atoms with E-state index in [1.54, 1.807) is 39.8 Å². The topological polar surface area (TPSA) is 79.6 Å². The van der Waals surface area contributed by atoms with Gasteiger partial charge in [-0.3, -0.25) is 4.79 Å². The van der Waals surface area contributed by atoms with E-state index in [0.717, 1.165) is 10.9 Å². The Morgan fingerprint density at radius 3 is 2.30 bits per heavy atom. The van der Waals surface area contributed by atoms with E-state index in [1.807, 2.05) is 19.1 Å². The molecule has 0 atom stereocenters. The summed E-state index contributed by atoms with van der Waals surface area (Å²) in [5, 5.41) is 0.761. The van der Waals surface area contributed by atoms with Crippen LogP contribution in [0, 0.1) is 6.92 Å². The van der Waals surface area contributed by atoms with Crippen molar-refractivity contribution in [3.05, 3.63) is 35.6 Å². The van der Waals surface area contributed by atoms with Crippen LogP contribution in [0.25, 0.3) is 11.0 Å². The summed E-state index contributed by atoms with van der Waals surface area (Å²) in [5.74, 6) is -0.799. The van der Waals surface area contributed by atoms with Crippen molar-refractivity contribution in [2.75, 3.05) is 0 Å². The molecule has 0 unspecified atom stereocenters. The third kappa shape index (κ3) is 3.73. The third-order valence-corrected chi connectivity index (χ3v) is 5.25. The number of aryl methyl sites for hydroxylation is 1. The minimum atomic E-state index is -3.94. The Hall–Kier alpha value is -1.86. The van der Waals surface area contributed by atoms with E-state index in [4.69, 9.17) is 4.42 Å². The normalized spacial score (nSPS) is 12.5. The number of carbonyl (C=O) groups excluding carboxylic acids is 1. The molecule has 1 aromatic carbocycles. The maximum atomic E-state index is 12.4. The maximum absolute atomic E-state index is 12.4. The van der Waals surface area contributed by atoms with E-state index in [-0.39, 0.29) is 17.8 Å². The van der Waals surface area contributed by atoms with Gasteiger partial charge < -0.3 is 4.42 Å². The molecule has 0 spiro atoms. The number of carbonyl (C=O) groups is 1. The highest BCUT2D eigenvalue weighted by molar-refractivity contribution is 7.87. The zero-order valence-electron chi connectivity index (χ0n) is 14.0. The molecule has 1 amide bonds. The lowest BCUT2D eigenvalue weighted by atomic mass is 10.2. The van der Waals surface area contributed by atoms with Crippen LogP contribution in [0.4, 0.5) is 0 Å². The van der Waals surface area contributed by atoms with Gasteiger partial charge in [-0.15, -0.1) is 0 Å². The second kappa shape index (κ2) is 6.33. The summed E-state index contributed by atoms with van der Waals surface area (Å²) in [6.07, 6.45) is 0. The Morgan fingerprint density at radius 2 is 1.74 bits per heavy atom. The fourth-order valence-electron chi connectivity index (χ4n) is 2.65. The van der Waals surface area contributed by atoms with Crippen LogP contribution in [0.1, 0.15) is 43.8 Å². The summed E-state index contributed by atoms with van der Waals surface area (Å²) in [5.41, 5.74) is 1.58. The SMILES string of the molecule is Cc1ccc2oc(C(=O)NS(=O)(=O)N(C(C)C)C(C)C)cc2c1. The smallest absolute Gasteiger partial charge is 0.304 e. The van der Waals surface area contributed by atoms with E-state index >= 15 is 0 Å². The molecule has 1 heterocycles. The number of hydrogen-bond acceptors (Lipinski definition) is 4. The van der Waals surface area contributed by atoms with Crippen LogP contribution in [0.15, 0.2) is 28.7 Å². The van der Waals surface area contributed by atoms with E-state index in [0.29, 0.717) is 5.58 Å². The monoisotopic (exact) mass is 338 g/mol. The summed E-state index contributed by atoms with van der Waals surface area (Å²) in [6, 6.07) is 6.51. The molecular weight excluding hydrogens is 316 g/mol. The second-order valence-corrected chi connectivity index (χ2v) is 7.68. The molecule has 0 fully saturated rings. The molecular formula is C16H22N2O4S. The van der Waals surface area contributed by atoms with Gasteiger partial charge in [0, 0.05) is 17.5 Å². The van der Waals surface area contributed by atoms with Gasteiger partial charge >= 0.3 is 16.1 Å². The third-order valence-electron chi connectivity index (χ3n) is 3.41. The average Bonchev–Trinajstić information content (AvgIpc) is 2.79. The first-order valence-corrected chi connectivity index (χ1v) is 8.91. The molecule has 23 heavy (non-hydrogen) atoms. The molecule has 1 aromatic heterocycles. The van der Waals surface area contributed by atoms with E-state index in [2.05, 4.69) is 4.72 Å². The molecule has 0 saturated carbocycles. The van der Waals surface area contributed by atoms with Gasteiger partial charge in [0.25, 0.3) is 0 Å². The summed E-state index contributed by atoms with van der Waals surface area (Å²) in [7, 11) is -3.94. The van der Waals surface area contributed by atoms with Gasteiger partial charge in [-0.2, -0.15) is 12.7 Å². The molecule has 1 N–H and O–H groups in total. The first kappa shape index (κ1) is 17.5. The summed E-state index contributed by atoms with van der Waals surface area (Å²) >= 11 is 0. The van der Waals surface area contributed by atoms with Gasteiger partial charge in [-0.1, -0.05) is 11.6 Å². The molecule has 0 aliphatic heterocycles. The maximum Gasteiger partial charge on any atom is 0.304 e. The first-order chi connectivity index (χ1) is 10.6. The van der Waals surface area contributed by atoms with Gasteiger partial charge in [0.05, 0.1) is 0 Å². The number of furan rings is 1. The van der Waals surface area contributed by atoms with Gasteiger partial charge in [0.1, 0.15) is 5.58 Å². The van der Waals surface area contributed by atoms with Crippen molar-refractivity contribution in [2.24, 2.45) is 0 Å². The van der Waals surface area contributed by atoms with Gasteiger partial charge in [0.2, 0.25) is 0 Å². The summed E-state index contributed by atoms with van der Waals surface area (Å²) in [6.45, 7) is 8.96. The number of nitrogens with one attached hydrogen (secondary N) is 1. The Balaban J connectivity index is 2.29. The van der Waals surface area contributed by atoms with Crippen LogP contribution in [0.5, 0.6) is 0 Å². The Kier molecular flexibility index (Phi) is 4.81. The zero-order valence-corrected chi connectivity index (χ0v) is 14.8. The molecule has 0 bridgehead atoms. The van der Waals surface area contributed by atoms with Crippen LogP contribution >= 0.6 is 0 Å². The molecule has 7 heteroatoms. The van der Waals surface area contributed by atoms with Crippen molar-refractivity contribution in [3.63, 3.8) is 0 Å². The highest BCUT2D eigenvalue weighted by atomic mass is 32.2. The fraction of sp³-hybridized carbons (Fsp3) is 0.438. The zero-order chi connectivity index (χ0) is 17.4. The lowest BCUT2D eigenvalue weighted by molar-refractivity contribution is 0.0953. The standard InChI is InChI=1S/C16H22N2O4S/c1-10(2)18(11(3)4)23(20,21)17-16(19)15-9-13-8-12(5)6-7-14(13)22-15/h6-11H,1-5H3,(H,17,19). The molecule has 2 aromatic rings. The number of hydrogen-bond donors (Lipinski definition) is 1. The van der Waals surface area contributed by atoms with Crippen LogP contribution in [0.2, 0.25) is 0 Å². The molecule has 6 nitrogen and oxygen atoms in total.